The van der Waals surface area contributed by atoms with E-state index in [1.54, 1.807) is 41.1 Å². The second-order valence-corrected chi connectivity index (χ2v) is 12.3. The van der Waals surface area contributed by atoms with E-state index in [0.29, 0.717) is 36.0 Å². The molecule has 0 radical (unpaired) electrons. The normalized spacial score (nSPS) is 13.5. The fourth-order valence-corrected chi connectivity index (χ4v) is 6.17. The van der Waals surface area contributed by atoms with Gasteiger partial charge in [0.1, 0.15) is 22.3 Å². The summed E-state index contributed by atoms with van der Waals surface area (Å²) >= 11 is 5.56. The van der Waals surface area contributed by atoms with E-state index in [1.165, 1.54) is 24.7 Å². The summed E-state index contributed by atoms with van der Waals surface area (Å²) in [6, 6.07) is 9.70. The summed E-state index contributed by atoms with van der Waals surface area (Å²) in [5, 5.41) is 3.63. The number of nitrogens with one attached hydrogen (secondary N) is 1. The zero-order valence-corrected chi connectivity index (χ0v) is 25.4. The molecule has 1 aliphatic rings. The lowest BCUT2D eigenvalue weighted by atomic mass is 9.85. The lowest BCUT2D eigenvalue weighted by Gasteiger charge is -2.26. The van der Waals surface area contributed by atoms with Gasteiger partial charge in [-0.2, -0.15) is 13.5 Å². The number of hydrogen-bond acceptors (Lipinski definition) is 8. The minimum Gasteiger partial charge on any atom is -0.397 e. The molecule has 16 heteroatoms. The highest BCUT2D eigenvalue weighted by atomic mass is 35.5. The van der Waals surface area contributed by atoms with Crippen molar-refractivity contribution in [1.82, 2.24) is 33.9 Å². The molecule has 4 aromatic heterocycles. The minimum atomic E-state index is -4.26. The monoisotopic (exact) mass is 644 g/mol. The second kappa shape index (κ2) is 12.3. The number of nitrogens with two attached hydrogens (primary N) is 1. The van der Waals surface area contributed by atoms with Gasteiger partial charge in [-0.3, -0.25) is 28.1 Å². The van der Waals surface area contributed by atoms with Crippen LogP contribution in [-0.4, -0.2) is 46.8 Å². The van der Waals surface area contributed by atoms with Crippen LogP contribution in [0.1, 0.15) is 42.0 Å². The van der Waals surface area contributed by atoms with Crippen LogP contribution in [0, 0.1) is 18.7 Å². The van der Waals surface area contributed by atoms with E-state index in [-0.39, 0.29) is 33.4 Å². The first-order valence-electron chi connectivity index (χ1n) is 13.7. The number of aromatic amines is 1. The number of pyridine rings is 1. The fourth-order valence-electron chi connectivity index (χ4n) is 4.95. The van der Waals surface area contributed by atoms with Crippen molar-refractivity contribution in [3.8, 4) is 0 Å². The lowest BCUT2D eigenvalue weighted by molar-refractivity contribution is 0.273. The number of hydrogen-bond donors (Lipinski definition) is 3. The Morgan fingerprint density at radius 1 is 1.16 bits per heavy atom. The average molecular weight is 645 g/mol. The number of aryl methyl sites for hydroxylation is 2. The highest BCUT2D eigenvalue weighted by molar-refractivity contribution is 7.86. The summed E-state index contributed by atoms with van der Waals surface area (Å²) in [5.74, 6) is 0.443. The van der Waals surface area contributed by atoms with Crippen LogP contribution >= 0.6 is 11.6 Å². The summed E-state index contributed by atoms with van der Waals surface area (Å²) in [5.41, 5.74) is 7.05. The van der Waals surface area contributed by atoms with Crippen molar-refractivity contribution in [2.45, 2.75) is 50.6 Å². The first kappa shape index (κ1) is 31.1. The van der Waals surface area contributed by atoms with Crippen LogP contribution in [0.3, 0.4) is 0 Å². The van der Waals surface area contributed by atoms with Gasteiger partial charge in [-0.05, 0) is 43.9 Å². The Morgan fingerprint density at radius 2 is 1.89 bits per heavy atom. The Balaban J connectivity index is 0.000000270. The molecule has 0 amide bonds. The van der Waals surface area contributed by atoms with E-state index in [2.05, 4.69) is 20.1 Å². The van der Waals surface area contributed by atoms with Gasteiger partial charge >= 0.3 is 5.69 Å². The Morgan fingerprint density at radius 3 is 2.43 bits per heavy atom. The molecule has 1 aliphatic carbocycles. The SMILES string of the molecule is Cc1nn(C)c(Cl)c1S(=O)(=O)O.Nc1ccc(Cc2nc3c([nH]2)c(=O)n(Cc2ccccc2F)c(=O)n3CC2CCC2)nc1. The molecule has 0 spiro atoms. The van der Waals surface area contributed by atoms with E-state index in [4.69, 9.17) is 21.9 Å². The van der Waals surface area contributed by atoms with Crippen molar-refractivity contribution < 1.29 is 17.4 Å². The molecule has 6 rings (SSSR count). The Kier molecular flexibility index (Phi) is 8.72. The first-order valence-corrected chi connectivity index (χ1v) is 15.5. The minimum absolute atomic E-state index is 0.0880. The fraction of sp³-hybridized carbons (Fsp3) is 0.321. The molecule has 44 heavy (non-hydrogen) atoms. The Bertz CT molecular complexity index is 2060. The summed E-state index contributed by atoms with van der Waals surface area (Å²) in [6.07, 6.45) is 5.12. The summed E-state index contributed by atoms with van der Waals surface area (Å²) in [4.78, 5) is 38.2. The lowest BCUT2D eigenvalue weighted by Crippen LogP contribution is -2.42. The average Bonchev–Trinajstić information content (AvgIpc) is 3.47. The van der Waals surface area contributed by atoms with E-state index < -0.39 is 27.2 Å². The topological polar surface area (TPSA) is 184 Å². The quantitative estimate of drug-likeness (QED) is 0.224. The van der Waals surface area contributed by atoms with Gasteiger partial charge in [-0.15, -0.1) is 0 Å². The van der Waals surface area contributed by atoms with Crippen LogP contribution in [-0.2, 0) is 36.7 Å². The molecule has 0 bridgehead atoms. The maximum absolute atomic E-state index is 14.2. The maximum Gasteiger partial charge on any atom is 0.333 e. The van der Waals surface area contributed by atoms with Crippen LogP contribution in [0.2, 0.25) is 5.15 Å². The van der Waals surface area contributed by atoms with Crippen LogP contribution in [0.25, 0.3) is 11.2 Å². The number of fused-ring (bicyclic) bond motifs is 1. The van der Waals surface area contributed by atoms with Crippen molar-refractivity contribution >= 4 is 38.6 Å². The van der Waals surface area contributed by atoms with Crippen LogP contribution in [0.15, 0.2) is 57.1 Å². The zero-order chi connectivity index (χ0) is 31.8. The third kappa shape index (κ3) is 6.44. The standard InChI is InChI=1S/C23H23FN6O2.C5H7ClN2O3S/c24-18-7-2-1-6-15(18)13-30-22(31)20-21(29(23(30)32)12-14-4-3-5-14)28-19(27-20)10-17-9-8-16(25)11-26-17;1-3-4(12(9,10)11)5(6)8(2)7-3/h1-2,6-9,11,14H,3-5,10,12-13,25H2,(H,27,28);1-2H3,(H,9,10,11). The van der Waals surface area contributed by atoms with E-state index in [9.17, 15) is 22.4 Å². The van der Waals surface area contributed by atoms with Gasteiger partial charge in [0.25, 0.3) is 15.7 Å². The number of nitrogen functional groups attached to an aromatic ring is 1. The number of imidazole rings is 1. The predicted octanol–water partition coefficient (Wildman–Crippen LogP) is 3.07. The van der Waals surface area contributed by atoms with E-state index in [0.717, 1.165) is 29.5 Å². The second-order valence-electron chi connectivity index (χ2n) is 10.6. The Labute approximate surface area is 255 Å². The molecule has 1 saturated carbocycles. The first-order chi connectivity index (χ1) is 20.8. The molecule has 0 aliphatic heterocycles. The van der Waals surface area contributed by atoms with Gasteiger partial charge < -0.3 is 10.7 Å². The number of halogens is 2. The number of aromatic nitrogens is 7. The molecule has 5 aromatic rings. The van der Waals surface area contributed by atoms with Gasteiger partial charge in [0.15, 0.2) is 10.5 Å². The molecule has 4 N–H and O–H groups in total. The van der Waals surface area contributed by atoms with Crippen molar-refractivity contribution in [1.29, 1.82) is 0 Å². The molecule has 0 atom stereocenters. The molecule has 0 unspecified atom stereocenters. The molecule has 1 aromatic carbocycles. The third-order valence-electron chi connectivity index (χ3n) is 7.42. The van der Waals surface area contributed by atoms with Crippen molar-refractivity contribution in [2.75, 3.05) is 5.73 Å². The van der Waals surface area contributed by atoms with Crippen LogP contribution in [0.4, 0.5) is 10.1 Å². The molecule has 232 valence electrons. The molecular weight excluding hydrogens is 615 g/mol. The molecule has 1 fully saturated rings. The number of rotatable bonds is 7. The van der Waals surface area contributed by atoms with Crippen molar-refractivity contribution in [2.24, 2.45) is 13.0 Å². The largest absolute Gasteiger partial charge is 0.397 e. The maximum atomic E-state index is 14.2. The highest BCUT2D eigenvalue weighted by Crippen LogP contribution is 2.28. The molecule has 13 nitrogen and oxygen atoms in total. The van der Waals surface area contributed by atoms with Crippen molar-refractivity contribution in [3.63, 3.8) is 0 Å². The van der Waals surface area contributed by atoms with Gasteiger partial charge in [-0.25, -0.2) is 14.2 Å². The third-order valence-corrected chi connectivity index (χ3v) is 8.97. The molecule has 4 heterocycles. The molecular formula is C28H30ClFN8O5S. The van der Waals surface area contributed by atoms with Gasteiger partial charge in [0, 0.05) is 31.3 Å². The summed E-state index contributed by atoms with van der Waals surface area (Å²) < 4.78 is 48.2. The number of benzene rings is 1. The predicted molar refractivity (Wildman–Crippen MR) is 162 cm³/mol. The highest BCUT2D eigenvalue weighted by Gasteiger charge is 2.24. The van der Waals surface area contributed by atoms with Crippen LogP contribution < -0.4 is 17.0 Å². The van der Waals surface area contributed by atoms with Gasteiger partial charge in [0.2, 0.25) is 0 Å². The smallest absolute Gasteiger partial charge is 0.333 e. The number of H-pyrrole nitrogens is 1. The van der Waals surface area contributed by atoms with E-state index in [1.807, 2.05) is 0 Å². The summed E-state index contributed by atoms with van der Waals surface area (Å²) in [7, 11) is -2.77. The Hall–Kier alpha value is -4.34. The van der Waals surface area contributed by atoms with Crippen LogP contribution in [0.5, 0.6) is 0 Å². The number of anilines is 1. The van der Waals surface area contributed by atoms with Crippen molar-refractivity contribution in [3.05, 3.63) is 97.2 Å². The van der Waals surface area contributed by atoms with Gasteiger partial charge in [-0.1, -0.05) is 36.2 Å². The van der Waals surface area contributed by atoms with E-state index >= 15 is 0 Å². The number of nitrogens with zero attached hydrogens (tertiary/aromatic N) is 6. The zero-order valence-electron chi connectivity index (χ0n) is 23.9. The summed E-state index contributed by atoms with van der Waals surface area (Å²) in [6.45, 7) is 1.80. The molecule has 0 saturated heterocycles. The van der Waals surface area contributed by atoms with Gasteiger partial charge in [0.05, 0.1) is 24.1 Å².